The third kappa shape index (κ3) is 2.49. The molecule has 20 heavy (non-hydrogen) atoms. The molecule has 0 heterocycles. The maximum absolute atomic E-state index is 13.9. The van der Waals surface area contributed by atoms with Crippen molar-refractivity contribution in [3.8, 4) is 11.1 Å². The number of carboxylic acid groups (broad SMARTS) is 1. The summed E-state index contributed by atoms with van der Waals surface area (Å²) in [5.41, 5.74) is 0.258. The number of nitrogens with zero attached hydrogens (tertiary/aromatic N) is 1. The molecule has 0 spiro atoms. The number of aryl methyl sites for hydroxylation is 1. The number of nitro benzene ring substituents is 1. The van der Waals surface area contributed by atoms with Crippen LogP contribution >= 0.6 is 0 Å². The second kappa shape index (κ2) is 5.08. The maximum atomic E-state index is 13.9. The molecule has 0 bridgehead atoms. The highest BCUT2D eigenvalue weighted by molar-refractivity contribution is 5.97. The number of nitro groups is 1. The summed E-state index contributed by atoms with van der Waals surface area (Å²) in [5, 5.41) is 19.8. The van der Waals surface area contributed by atoms with Gasteiger partial charge in [0, 0.05) is 17.7 Å². The summed E-state index contributed by atoms with van der Waals surface area (Å²) in [5.74, 6) is -1.91. The fraction of sp³-hybridized carbons (Fsp3) is 0.0714. The SMILES string of the molecule is Cc1ccc(-c2ccc([N+](=O)[O-])cc2C(=O)O)c(F)c1. The van der Waals surface area contributed by atoms with Gasteiger partial charge in [-0.15, -0.1) is 0 Å². The minimum atomic E-state index is -1.34. The zero-order valence-electron chi connectivity index (χ0n) is 10.5. The molecule has 1 N–H and O–H groups in total. The largest absolute Gasteiger partial charge is 0.478 e. The molecule has 0 saturated carbocycles. The molecule has 2 rings (SSSR count). The normalized spacial score (nSPS) is 10.3. The van der Waals surface area contributed by atoms with Crippen molar-refractivity contribution in [2.75, 3.05) is 0 Å². The van der Waals surface area contributed by atoms with E-state index < -0.39 is 16.7 Å². The Balaban J connectivity index is 2.67. The molecule has 102 valence electrons. The van der Waals surface area contributed by atoms with Crippen LogP contribution in [0.5, 0.6) is 0 Å². The Bertz CT molecular complexity index is 712. The number of halogens is 1. The van der Waals surface area contributed by atoms with Gasteiger partial charge in [0.05, 0.1) is 10.5 Å². The molecule has 0 aliphatic carbocycles. The van der Waals surface area contributed by atoms with E-state index in [1.807, 2.05) is 0 Å². The van der Waals surface area contributed by atoms with Crippen LogP contribution in [0.4, 0.5) is 10.1 Å². The van der Waals surface area contributed by atoms with Crippen molar-refractivity contribution in [3.05, 3.63) is 63.5 Å². The summed E-state index contributed by atoms with van der Waals surface area (Å²) in [4.78, 5) is 21.2. The second-order valence-corrected chi connectivity index (χ2v) is 4.28. The molecule has 0 aliphatic rings. The van der Waals surface area contributed by atoms with Crippen molar-refractivity contribution in [2.24, 2.45) is 0 Å². The molecule has 2 aromatic rings. The van der Waals surface area contributed by atoms with Crippen molar-refractivity contribution in [3.63, 3.8) is 0 Å². The van der Waals surface area contributed by atoms with E-state index in [2.05, 4.69) is 0 Å². The lowest BCUT2D eigenvalue weighted by Crippen LogP contribution is -2.02. The van der Waals surface area contributed by atoms with Crippen molar-refractivity contribution in [1.82, 2.24) is 0 Å². The predicted octanol–water partition coefficient (Wildman–Crippen LogP) is 3.41. The van der Waals surface area contributed by atoms with Crippen LogP contribution in [0.1, 0.15) is 15.9 Å². The zero-order chi connectivity index (χ0) is 14.9. The molecule has 0 fully saturated rings. The number of hydrogen-bond acceptors (Lipinski definition) is 3. The fourth-order valence-electron chi connectivity index (χ4n) is 1.90. The molecule has 0 aromatic heterocycles. The Labute approximate surface area is 113 Å². The van der Waals surface area contributed by atoms with Gasteiger partial charge in [0.1, 0.15) is 5.82 Å². The first-order chi connectivity index (χ1) is 9.40. The van der Waals surface area contributed by atoms with Gasteiger partial charge in [-0.1, -0.05) is 12.1 Å². The van der Waals surface area contributed by atoms with E-state index in [-0.39, 0.29) is 22.4 Å². The number of non-ortho nitro benzene ring substituents is 1. The smallest absolute Gasteiger partial charge is 0.336 e. The lowest BCUT2D eigenvalue weighted by atomic mass is 9.97. The first-order valence-electron chi connectivity index (χ1n) is 5.68. The Kier molecular flexibility index (Phi) is 3.47. The summed E-state index contributed by atoms with van der Waals surface area (Å²) in [7, 11) is 0. The summed E-state index contributed by atoms with van der Waals surface area (Å²) in [6.45, 7) is 1.71. The van der Waals surface area contributed by atoms with Crippen LogP contribution in [-0.4, -0.2) is 16.0 Å². The van der Waals surface area contributed by atoms with Crippen molar-refractivity contribution in [2.45, 2.75) is 6.92 Å². The molecule has 0 aliphatic heterocycles. The van der Waals surface area contributed by atoms with Gasteiger partial charge in [-0.3, -0.25) is 10.1 Å². The lowest BCUT2D eigenvalue weighted by Gasteiger charge is -2.08. The van der Waals surface area contributed by atoms with Gasteiger partial charge in [0.2, 0.25) is 0 Å². The third-order valence-electron chi connectivity index (χ3n) is 2.86. The minimum Gasteiger partial charge on any atom is -0.478 e. The van der Waals surface area contributed by atoms with Gasteiger partial charge in [-0.25, -0.2) is 9.18 Å². The Morgan fingerprint density at radius 1 is 1.20 bits per heavy atom. The topological polar surface area (TPSA) is 80.4 Å². The highest BCUT2D eigenvalue weighted by atomic mass is 19.1. The van der Waals surface area contributed by atoms with Gasteiger partial charge < -0.3 is 5.11 Å². The summed E-state index contributed by atoms with van der Waals surface area (Å²) < 4.78 is 13.9. The predicted molar refractivity (Wildman–Crippen MR) is 70.2 cm³/mol. The number of hydrogen-bond donors (Lipinski definition) is 1. The van der Waals surface area contributed by atoms with E-state index in [0.717, 1.165) is 12.1 Å². The zero-order valence-corrected chi connectivity index (χ0v) is 10.5. The molecule has 0 unspecified atom stereocenters. The van der Waals surface area contributed by atoms with Crippen molar-refractivity contribution in [1.29, 1.82) is 0 Å². The van der Waals surface area contributed by atoms with Crippen LogP contribution in [0.2, 0.25) is 0 Å². The first-order valence-corrected chi connectivity index (χ1v) is 5.68. The molecule has 0 atom stereocenters. The minimum absolute atomic E-state index is 0.0999. The monoisotopic (exact) mass is 275 g/mol. The van der Waals surface area contributed by atoms with E-state index >= 15 is 0 Å². The molecule has 2 aromatic carbocycles. The number of aromatic carboxylic acids is 1. The van der Waals surface area contributed by atoms with Crippen LogP contribution in [-0.2, 0) is 0 Å². The molecule has 0 saturated heterocycles. The van der Waals surface area contributed by atoms with E-state index in [0.29, 0.717) is 5.56 Å². The Morgan fingerprint density at radius 3 is 2.40 bits per heavy atom. The van der Waals surface area contributed by atoms with Gasteiger partial charge in [-0.05, 0) is 30.2 Å². The Morgan fingerprint density at radius 2 is 1.85 bits per heavy atom. The van der Waals surface area contributed by atoms with Crippen LogP contribution in [0.25, 0.3) is 11.1 Å². The average Bonchev–Trinajstić information content (AvgIpc) is 2.38. The molecule has 5 nitrogen and oxygen atoms in total. The average molecular weight is 275 g/mol. The van der Waals surface area contributed by atoms with Gasteiger partial charge in [-0.2, -0.15) is 0 Å². The van der Waals surface area contributed by atoms with Gasteiger partial charge in [0.25, 0.3) is 5.69 Å². The van der Waals surface area contributed by atoms with Crippen LogP contribution in [0.15, 0.2) is 36.4 Å². The van der Waals surface area contributed by atoms with E-state index in [1.165, 1.54) is 18.2 Å². The van der Waals surface area contributed by atoms with Crippen molar-refractivity contribution >= 4 is 11.7 Å². The highest BCUT2D eigenvalue weighted by Crippen LogP contribution is 2.29. The molecular formula is C14H10FNO4. The standard InChI is InChI=1S/C14H10FNO4/c1-8-2-4-11(13(15)6-8)10-5-3-9(16(19)20)7-12(10)14(17)18/h2-7H,1H3,(H,17,18). The summed E-state index contributed by atoms with van der Waals surface area (Å²) in [6.07, 6.45) is 0. The number of benzene rings is 2. The molecule has 0 amide bonds. The van der Waals surface area contributed by atoms with Gasteiger partial charge in [0.15, 0.2) is 0 Å². The maximum Gasteiger partial charge on any atom is 0.336 e. The molecule has 6 heteroatoms. The van der Waals surface area contributed by atoms with Gasteiger partial charge >= 0.3 is 5.97 Å². The highest BCUT2D eigenvalue weighted by Gasteiger charge is 2.18. The molecular weight excluding hydrogens is 265 g/mol. The van der Waals surface area contributed by atoms with Crippen LogP contribution in [0, 0.1) is 22.9 Å². The van der Waals surface area contributed by atoms with Crippen LogP contribution < -0.4 is 0 Å². The lowest BCUT2D eigenvalue weighted by molar-refractivity contribution is -0.384. The fourth-order valence-corrected chi connectivity index (χ4v) is 1.90. The first kappa shape index (κ1) is 13.7. The van der Waals surface area contributed by atoms with E-state index in [1.54, 1.807) is 13.0 Å². The second-order valence-electron chi connectivity index (χ2n) is 4.28. The quantitative estimate of drug-likeness (QED) is 0.687. The van der Waals surface area contributed by atoms with Crippen molar-refractivity contribution < 1.29 is 19.2 Å². The van der Waals surface area contributed by atoms with E-state index in [9.17, 15) is 19.3 Å². The summed E-state index contributed by atoms with van der Waals surface area (Å²) in [6, 6.07) is 7.71. The molecule has 0 radical (unpaired) electrons. The number of rotatable bonds is 3. The summed E-state index contributed by atoms with van der Waals surface area (Å²) >= 11 is 0. The number of carbonyl (C=O) groups is 1. The number of carboxylic acids is 1. The van der Waals surface area contributed by atoms with E-state index in [4.69, 9.17) is 5.11 Å². The Hall–Kier alpha value is -2.76. The van der Waals surface area contributed by atoms with Crippen LogP contribution in [0.3, 0.4) is 0 Å². The third-order valence-corrected chi connectivity index (χ3v) is 2.86.